The Morgan fingerprint density at radius 1 is 1.13 bits per heavy atom. The standard InChI is InChI=1S/C14H27N/c1-12(13-7-4-3-5-8-13)15-11-14(2)9-6-10-14/h12-13,15H,3-11H2,1-2H3. The van der Waals surface area contributed by atoms with Gasteiger partial charge in [-0.3, -0.25) is 0 Å². The molecule has 2 rings (SSSR count). The Bertz CT molecular complexity index is 190. The van der Waals surface area contributed by atoms with Crippen molar-refractivity contribution in [2.75, 3.05) is 6.54 Å². The fourth-order valence-corrected chi connectivity index (χ4v) is 3.17. The molecule has 88 valence electrons. The van der Waals surface area contributed by atoms with Gasteiger partial charge in [0.25, 0.3) is 0 Å². The average Bonchev–Trinajstić information content (AvgIpc) is 2.24. The highest BCUT2D eigenvalue weighted by Gasteiger charge is 2.32. The maximum absolute atomic E-state index is 3.79. The molecule has 1 atom stereocenters. The minimum Gasteiger partial charge on any atom is -0.313 e. The third-order valence-corrected chi connectivity index (χ3v) is 4.77. The molecule has 1 N–H and O–H groups in total. The summed E-state index contributed by atoms with van der Waals surface area (Å²) in [7, 11) is 0. The number of nitrogens with one attached hydrogen (secondary N) is 1. The van der Waals surface area contributed by atoms with Crippen molar-refractivity contribution in [1.82, 2.24) is 5.32 Å². The van der Waals surface area contributed by atoms with Crippen LogP contribution in [-0.4, -0.2) is 12.6 Å². The van der Waals surface area contributed by atoms with Crippen molar-refractivity contribution in [3.8, 4) is 0 Å². The molecule has 1 heteroatoms. The largest absolute Gasteiger partial charge is 0.313 e. The van der Waals surface area contributed by atoms with E-state index in [0.717, 1.165) is 12.0 Å². The van der Waals surface area contributed by atoms with E-state index in [4.69, 9.17) is 0 Å². The van der Waals surface area contributed by atoms with E-state index in [-0.39, 0.29) is 0 Å². The lowest BCUT2D eigenvalue weighted by atomic mass is 9.70. The molecular weight excluding hydrogens is 182 g/mol. The summed E-state index contributed by atoms with van der Waals surface area (Å²) in [5.41, 5.74) is 0.642. The van der Waals surface area contributed by atoms with Gasteiger partial charge in [-0.2, -0.15) is 0 Å². The monoisotopic (exact) mass is 209 g/mol. The SMILES string of the molecule is CC(NCC1(C)CCC1)C1CCCCC1. The topological polar surface area (TPSA) is 12.0 Å². The van der Waals surface area contributed by atoms with Crippen LogP contribution in [0, 0.1) is 11.3 Å². The van der Waals surface area contributed by atoms with Crippen LogP contribution in [0.1, 0.15) is 65.2 Å². The molecule has 0 aromatic rings. The van der Waals surface area contributed by atoms with Crippen LogP contribution in [0.15, 0.2) is 0 Å². The van der Waals surface area contributed by atoms with Gasteiger partial charge < -0.3 is 5.32 Å². The third-order valence-electron chi connectivity index (χ3n) is 4.77. The highest BCUT2D eigenvalue weighted by molar-refractivity contribution is 4.87. The lowest BCUT2D eigenvalue weighted by Gasteiger charge is -2.40. The van der Waals surface area contributed by atoms with E-state index in [1.165, 1.54) is 57.9 Å². The number of hydrogen-bond donors (Lipinski definition) is 1. The normalized spacial score (nSPS) is 28.4. The van der Waals surface area contributed by atoms with Crippen LogP contribution in [0.4, 0.5) is 0 Å². The van der Waals surface area contributed by atoms with E-state index in [1.54, 1.807) is 0 Å². The van der Waals surface area contributed by atoms with Crippen molar-refractivity contribution in [3.05, 3.63) is 0 Å². The van der Waals surface area contributed by atoms with Crippen LogP contribution in [0.25, 0.3) is 0 Å². The van der Waals surface area contributed by atoms with E-state index in [9.17, 15) is 0 Å². The van der Waals surface area contributed by atoms with Crippen molar-refractivity contribution in [1.29, 1.82) is 0 Å². The molecule has 1 nitrogen and oxygen atoms in total. The first-order valence-electron chi connectivity index (χ1n) is 6.93. The maximum Gasteiger partial charge on any atom is 0.00672 e. The molecule has 0 aliphatic heterocycles. The Hall–Kier alpha value is -0.0400. The van der Waals surface area contributed by atoms with Crippen LogP contribution in [0.5, 0.6) is 0 Å². The Labute approximate surface area is 95.0 Å². The van der Waals surface area contributed by atoms with E-state index < -0.39 is 0 Å². The zero-order chi connectivity index (χ0) is 10.7. The first-order chi connectivity index (χ1) is 7.20. The van der Waals surface area contributed by atoms with E-state index in [2.05, 4.69) is 19.2 Å². The van der Waals surface area contributed by atoms with Crippen LogP contribution in [0.3, 0.4) is 0 Å². The number of rotatable bonds is 4. The minimum absolute atomic E-state index is 0.642. The Morgan fingerprint density at radius 3 is 2.33 bits per heavy atom. The third kappa shape index (κ3) is 2.96. The summed E-state index contributed by atoms with van der Waals surface area (Å²) in [5, 5.41) is 3.79. The van der Waals surface area contributed by atoms with Gasteiger partial charge >= 0.3 is 0 Å². The lowest BCUT2D eigenvalue weighted by Crippen LogP contribution is -2.43. The van der Waals surface area contributed by atoms with Crippen molar-refractivity contribution >= 4 is 0 Å². The molecule has 0 saturated heterocycles. The molecule has 2 aliphatic carbocycles. The van der Waals surface area contributed by atoms with Crippen LogP contribution in [-0.2, 0) is 0 Å². The lowest BCUT2D eigenvalue weighted by molar-refractivity contribution is 0.141. The Kier molecular flexibility index (Phi) is 3.71. The predicted octanol–water partition coefficient (Wildman–Crippen LogP) is 3.74. The molecular formula is C14H27N. The molecule has 2 aliphatic rings. The molecule has 1 unspecified atom stereocenters. The van der Waals surface area contributed by atoms with E-state index >= 15 is 0 Å². The van der Waals surface area contributed by atoms with Gasteiger partial charge in [0, 0.05) is 12.6 Å². The summed E-state index contributed by atoms with van der Waals surface area (Å²) < 4.78 is 0. The van der Waals surface area contributed by atoms with Crippen LogP contribution in [0.2, 0.25) is 0 Å². The molecule has 0 aromatic carbocycles. The Morgan fingerprint density at radius 2 is 1.80 bits per heavy atom. The van der Waals surface area contributed by atoms with E-state index in [0.29, 0.717) is 5.41 Å². The molecule has 0 bridgehead atoms. The van der Waals surface area contributed by atoms with Gasteiger partial charge in [0.15, 0.2) is 0 Å². The summed E-state index contributed by atoms with van der Waals surface area (Å²) in [4.78, 5) is 0. The first kappa shape index (κ1) is 11.4. The quantitative estimate of drug-likeness (QED) is 0.744. The van der Waals surface area contributed by atoms with Gasteiger partial charge in [0.1, 0.15) is 0 Å². The fourth-order valence-electron chi connectivity index (χ4n) is 3.17. The second-order valence-electron chi connectivity index (χ2n) is 6.23. The van der Waals surface area contributed by atoms with Crippen LogP contribution >= 0.6 is 0 Å². The smallest absolute Gasteiger partial charge is 0.00672 e. The van der Waals surface area contributed by atoms with E-state index in [1.807, 2.05) is 0 Å². The molecule has 15 heavy (non-hydrogen) atoms. The van der Waals surface area contributed by atoms with Crippen molar-refractivity contribution < 1.29 is 0 Å². The first-order valence-corrected chi connectivity index (χ1v) is 6.93. The summed E-state index contributed by atoms with van der Waals surface area (Å²) >= 11 is 0. The zero-order valence-corrected chi connectivity index (χ0v) is 10.5. The van der Waals surface area contributed by atoms with Crippen molar-refractivity contribution in [3.63, 3.8) is 0 Å². The van der Waals surface area contributed by atoms with Gasteiger partial charge in [-0.05, 0) is 43.9 Å². The highest BCUT2D eigenvalue weighted by Crippen LogP contribution is 2.39. The number of hydrogen-bond acceptors (Lipinski definition) is 1. The predicted molar refractivity (Wildman–Crippen MR) is 66.0 cm³/mol. The van der Waals surface area contributed by atoms with Crippen LogP contribution < -0.4 is 5.32 Å². The molecule has 0 radical (unpaired) electrons. The molecule has 0 heterocycles. The van der Waals surface area contributed by atoms with Gasteiger partial charge in [-0.15, -0.1) is 0 Å². The maximum atomic E-state index is 3.79. The van der Waals surface area contributed by atoms with Gasteiger partial charge in [0.2, 0.25) is 0 Å². The highest BCUT2D eigenvalue weighted by atomic mass is 14.9. The minimum atomic E-state index is 0.642. The second-order valence-corrected chi connectivity index (χ2v) is 6.23. The summed E-state index contributed by atoms with van der Waals surface area (Å²) in [6.45, 7) is 6.10. The molecule has 2 fully saturated rings. The Balaban J connectivity index is 1.69. The van der Waals surface area contributed by atoms with Gasteiger partial charge in [-0.25, -0.2) is 0 Å². The molecule has 0 spiro atoms. The molecule has 0 amide bonds. The fraction of sp³-hybridized carbons (Fsp3) is 1.00. The average molecular weight is 209 g/mol. The second kappa shape index (κ2) is 4.86. The van der Waals surface area contributed by atoms with Crippen molar-refractivity contribution in [2.45, 2.75) is 71.3 Å². The summed E-state index contributed by atoms with van der Waals surface area (Å²) in [5.74, 6) is 0.961. The molecule has 0 aromatic heterocycles. The van der Waals surface area contributed by atoms with Gasteiger partial charge in [0.05, 0.1) is 0 Å². The van der Waals surface area contributed by atoms with Crippen molar-refractivity contribution in [2.24, 2.45) is 11.3 Å². The summed E-state index contributed by atoms with van der Waals surface area (Å²) in [6.07, 6.45) is 11.7. The zero-order valence-electron chi connectivity index (χ0n) is 10.5. The summed E-state index contributed by atoms with van der Waals surface area (Å²) in [6, 6.07) is 0.753. The van der Waals surface area contributed by atoms with Gasteiger partial charge in [-0.1, -0.05) is 32.6 Å². The molecule has 2 saturated carbocycles.